The first-order valence-electron chi connectivity index (χ1n) is 7.23. The van der Waals surface area contributed by atoms with Crippen molar-refractivity contribution < 1.29 is 19.4 Å². The van der Waals surface area contributed by atoms with E-state index >= 15 is 0 Å². The van der Waals surface area contributed by atoms with Crippen molar-refractivity contribution in [1.29, 1.82) is 0 Å². The number of carboxylic acids is 1. The standard InChI is InChI=1S/C18H15NO4/c20-17(23-16-8-4-2-6-14(16)18(21)22)10-9-12-11-19-15-7-3-1-5-13(12)15/h1-8,11,19H,9-10H2,(H,21,22). The quantitative estimate of drug-likeness (QED) is 0.559. The fourth-order valence-electron chi connectivity index (χ4n) is 2.48. The summed E-state index contributed by atoms with van der Waals surface area (Å²) in [7, 11) is 0. The molecule has 3 rings (SSSR count). The number of hydrogen-bond acceptors (Lipinski definition) is 3. The number of carbonyl (C=O) groups excluding carboxylic acids is 1. The number of fused-ring (bicyclic) bond motifs is 1. The topological polar surface area (TPSA) is 79.4 Å². The number of aryl methyl sites for hydroxylation is 1. The second kappa shape index (κ2) is 6.36. The molecule has 0 fully saturated rings. The number of para-hydroxylation sites is 2. The number of carboxylic acid groups (broad SMARTS) is 1. The average Bonchev–Trinajstić information content (AvgIpc) is 2.96. The molecule has 2 N–H and O–H groups in total. The highest BCUT2D eigenvalue weighted by molar-refractivity contribution is 5.92. The van der Waals surface area contributed by atoms with Crippen molar-refractivity contribution in [2.75, 3.05) is 0 Å². The fraction of sp³-hybridized carbons (Fsp3) is 0.111. The first-order chi connectivity index (χ1) is 11.1. The first kappa shape index (κ1) is 14.8. The van der Waals surface area contributed by atoms with E-state index in [-0.39, 0.29) is 17.7 Å². The van der Waals surface area contributed by atoms with Gasteiger partial charge in [0.15, 0.2) is 0 Å². The highest BCUT2D eigenvalue weighted by Gasteiger charge is 2.14. The van der Waals surface area contributed by atoms with Gasteiger partial charge in [0.05, 0.1) is 6.42 Å². The molecule has 0 unspecified atom stereocenters. The molecule has 0 radical (unpaired) electrons. The normalized spacial score (nSPS) is 10.6. The third-order valence-corrected chi connectivity index (χ3v) is 3.61. The highest BCUT2D eigenvalue weighted by Crippen LogP contribution is 2.21. The summed E-state index contributed by atoms with van der Waals surface area (Å²) in [6.07, 6.45) is 2.58. The maximum Gasteiger partial charge on any atom is 0.339 e. The summed E-state index contributed by atoms with van der Waals surface area (Å²) in [4.78, 5) is 26.2. The van der Waals surface area contributed by atoms with Gasteiger partial charge in [-0.25, -0.2) is 4.79 Å². The van der Waals surface area contributed by atoms with Gasteiger partial charge in [-0.15, -0.1) is 0 Å². The average molecular weight is 309 g/mol. The minimum absolute atomic E-state index is 0.0204. The molecule has 0 amide bonds. The number of aromatic carboxylic acids is 1. The van der Waals surface area contributed by atoms with E-state index in [4.69, 9.17) is 9.84 Å². The lowest BCUT2D eigenvalue weighted by atomic mass is 10.1. The van der Waals surface area contributed by atoms with Crippen molar-refractivity contribution in [3.05, 3.63) is 65.9 Å². The van der Waals surface area contributed by atoms with Crippen molar-refractivity contribution in [1.82, 2.24) is 4.98 Å². The second-order valence-corrected chi connectivity index (χ2v) is 5.13. The second-order valence-electron chi connectivity index (χ2n) is 5.13. The molecule has 0 bridgehead atoms. The Morgan fingerprint density at radius 2 is 1.78 bits per heavy atom. The van der Waals surface area contributed by atoms with E-state index in [9.17, 15) is 9.59 Å². The largest absolute Gasteiger partial charge is 0.478 e. The van der Waals surface area contributed by atoms with E-state index in [1.54, 1.807) is 12.1 Å². The summed E-state index contributed by atoms with van der Waals surface area (Å²) < 4.78 is 5.19. The molecule has 0 spiro atoms. The minimum Gasteiger partial charge on any atom is -0.478 e. The number of benzene rings is 2. The van der Waals surface area contributed by atoms with E-state index in [1.165, 1.54) is 12.1 Å². The van der Waals surface area contributed by atoms with Gasteiger partial charge in [0.1, 0.15) is 11.3 Å². The number of H-pyrrole nitrogens is 1. The number of ether oxygens (including phenoxy) is 1. The van der Waals surface area contributed by atoms with Crippen LogP contribution in [-0.4, -0.2) is 22.0 Å². The molecule has 1 heterocycles. The lowest BCUT2D eigenvalue weighted by Gasteiger charge is -2.07. The van der Waals surface area contributed by atoms with Crippen LogP contribution < -0.4 is 4.74 Å². The van der Waals surface area contributed by atoms with Gasteiger partial charge < -0.3 is 14.8 Å². The van der Waals surface area contributed by atoms with Crippen LogP contribution in [0.2, 0.25) is 0 Å². The molecule has 0 saturated heterocycles. The monoisotopic (exact) mass is 309 g/mol. The van der Waals surface area contributed by atoms with Crippen molar-refractivity contribution >= 4 is 22.8 Å². The van der Waals surface area contributed by atoms with E-state index in [0.717, 1.165) is 16.5 Å². The summed E-state index contributed by atoms with van der Waals surface area (Å²) in [5, 5.41) is 10.2. The van der Waals surface area contributed by atoms with Crippen LogP contribution in [0.4, 0.5) is 0 Å². The predicted molar refractivity (Wildman–Crippen MR) is 85.7 cm³/mol. The van der Waals surface area contributed by atoms with Gasteiger partial charge in [-0.3, -0.25) is 4.79 Å². The van der Waals surface area contributed by atoms with Crippen LogP contribution in [0, 0.1) is 0 Å². The van der Waals surface area contributed by atoms with Crippen LogP contribution in [0.5, 0.6) is 5.75 Å². The molecular formula is C18H15NO4. The van der Waals surface area contributed by atoms with Crippen molar-refractivity contribution in [2.24, 2.45) is 0 Å². The molecule has 1 aromatic heterocycles. The summed E-state index contributed by atoms with van der Waals surface area (Å²) in [5.41, 5.74) is 2.03. The van der Waals surface area contributed by atoms with Gasteiger partial charge in [0, 0.05) is 17.1 Å². The fourth-order valence-corrected chi connectivity index (χ4v) is 2.48. The zero-order chi connectivity index (χ0) is 16.2. The Balaban J connectivity index is 1.68. The SMILES string of the molecule is O=C(CCc1c[nH]c2ccccc12)Oc1ccccc1C(=O)O. The number of aromatic nitrogens is 1. The minimum atomic E-state index is -1.12. The summed E-state index contributed by atoms with van der Waals surface area (Å²) >= 11 is 0. The number of rotatable bonds is 5. The van der Waals surface area contributed by atoms with Crippen LogP contribution in [0.15, 0.2) is 54.7 Å². The van der Waals surface area contributed by atoms with Gasteiger partial charge in [-0.1, -0.05) is 30.3 Å². The van der Waals surface area contributed by atoms with Crippen molar-refractivity contribution in [2.45, 2.75) is 12.8 Å². The Hall–Kier alpha value is -3.08. The lowest BCUT2D eigenvalue weighted by molar-refractivity contribution is -0.134. The maximum absolute atomic E-state index is 12.0. The Morgan fingerprint density at radius 1 is 1.04 bits per heavy atom. The summed E-state index contributed by atoms with van der Waals surface area (Å²) in [5.74, 6) is -1.50. The Bertz CT molecular complexity index is 866. The van der Waals surface area contributed by atoms with Crippen LogP contribution >= 0.6 is 0 Å². The predicted octanol–water partition coefficient (Wildman–Crippen LogP) is 3.40. The molecule has 5 nitrogen and oxygen atoms in total. The molecule has 3 aromatic rings. The molecule has 23 heavy (non-hydrogen) atoms. The number of carbonyl (C=O) groups is 2. The molecule has 0 atom stereocenters. The zero-order valence-corrected chi connectivity index (χ0v) is 12.3. The molecule has 0 aliphatic carbocycles. The molecule has 116 valence electrons. The highest BCUT2D eigenvalue weighted by atomic mass is 16.5. The summed E-state index contributed by atoms with van der Waals surface area (Å²) in [6, 6.07) is 14.0. The number of esters is 1. The first-order valence-corrected chi connectivity index (χ1v) is 7.23. The molecule has 0 saturated carbocycles. The molecule has 0 aliphatic heterocycles. The molecule has 0 aliphatic rings. The van der Waals surface area contributed by atoms with Crippen molar-refractivity contribution in [3.63, 3.8) is 0 Å². The molecule has 5 heteroatoms. The number of hydrogen-bond donors (Lipinski definition) is 2. The third kappa shape index (κ3) is 3.23. The van der Waals surface area contributed by atoms with Gasteiger partial charge in [0.25, 0.3) is 0 Å². The summed E-state index contributed by atoms with van der Waals surface area (Å²) in [6.45, 7) is 0. The lowest BCUT2D eigenvalue weighted by Crippen LogP contribution is -2.11. The van der Waals surface area contributed by atoms with Crippen LogP contribution in [0.25, 0.3) is 10.9 Å². The Morgan fingerprint density at radius 3 is 2.61 bits per heavy atom. The van der Waals surface area contributed by atoms with Gasteiger partial charge in [0.2, 0.25) is 0 Å². The van der Waals surface area contributed by atoms with Crippen LogP contribution in [-0.2, 0) is 11.2 Å². The van der Waals surface area contributed by atoms with E-state index < -0.39 is 11.9 Å². The van der Waals surface area contributed by atoms with Gasteiger partial charge in [-0.2, -0.15) is 0 Å². The van der Waals surface area contributed by atoms with E-state index in [2.05, 4.69) is 4.98 Å². The van der Waals surface area contributed by atoms with Gasteiger partial charge in [-0.05, 0) is 30.2 Å². The Kier molecular flexibility index (Phi) is 4.10. The van der Waals surface area contributed by atoms with Crippen LogP contribution in [0.1, 0.15) is 22.3 Å². The number of nitrogens with one attached hydrogen (secondary N) is 1. The zero-order valence-electron chi connectivity index (χ0n) is 12.3. The van der Waals surface area contributed by atoms with Crippen LogP contribution in [0.3, 0.4) is 0 Å². The van der Waals surface area contributed by atoms with Gasteiger partial charge >= 0.3 is 11.9 Å². The van der Waals surface area contributed by atoms with E-state index in [1.807, 2.05) is 30.5 Å². The van der Waals surface area contributed by atoms with E-state index in [0.29, 0.717) is 6.42 Å². The van der Waals surface area contributed by atoms with Crippen molar-refractivity contribution in [3.8, 4) is 5.75 Å². The molecular weight excluding hydrogens is 294 g/mol. The number of aromatic amines is 1. The Labute approximate surface area is 132 Å². The smallest absolute Gasteiger partial charge is 0.339 e. The maximum atomic E-state index is 12.0. The third-order valence-electron chi connectivity index (χ3n) is 3.61. The molecule has 2 aromatic carbocycles.